The van der Waals surface area contributed by atoms with E-state index in [-0.39, 0.29) is 6.03 Å². The molecule has 1 heterocycles. The molecular formula is C12H11BrN2OS. The van der Waals surface area contributed by atoms with Gasteiger partial charge in [0.25, 0.3) is 0 Å². The Bertz CT molecular complexity index is 482. The highest BCUT2D eigenvalue weighted by Gasteiger charge is 2.01. The maximum absolute atomic E-state index is 11.6. The molecule has 1 aromatic heterocycles. The third-order valence-corrected chi connectivity index (χ3v) is 3.51. The lowest BCUT2D eigenvalue weighted by molar-refractivity contribution is 0.252. The number of anilines is 1. The molecule has 17 heavy (non-hydrogen) atoms. The summed E-state index contributed by atoms with van der Waals surface area (Å²) in [5, 5.41) is 7.55. The summed E-state index contributed by atoms with van der Waals surface area (Å²) >= 11 is 4.97. The first-order valence-corrected chi connectivity index (χ1v) is 6.74. The van der Waals surface area contributed by atoms with Crippen molar-refractivity contribution in [3.05, 3.63) is 51.1 Å². The van der Waals surface area contributed by atoms with Gasteiger partial charge in [0.05, 0.1) is 6.54 Å². The normalized spacial score (nSPS) is 9.94. The number of thiophene rings is 1. The zero-order valence-corrected chi connectivity index (χ0v) is 11.3. The van der Waals surface area contributed by atoms with Crippen LogP contribution in [0, 0.1) is 0 Å². The van der Waals surface area contributed by atoms with E-state index in [4.69, 9.17) is 0 Å². The lowest BCUT2D eigenvalue weighted by atomic mass is 10.3. The van der Waals surface area contributed by atoms with Crippen LogP contribution in [0.15, 0.2) is 46.3 Å². The number of amides is 2. The molecule has 2 rings (SSSR count). The molecule has 0 bridgehead atoms. The Labute approximate surface area is 112 Å². The molecule has 0 spiro atoms. The summed E-state index contributed by atoms with van der Waals surface area (Å²) in [4.78, 5) is 12.7. The summed E-state index contributed by atoms with van der Waals surface area (Å²) in [6.07, 6.45) is 0. The van der Waals surface area contributed by atoms with Crippen LogP contribution in [-0.4, -0.2) is 6.03 Å². The number of carbonyl (C=O) groups is 1. The van der Waals surface area contributed by atoms with Gasteiger partial charge in [-0.05, 0) is 35.7 Å². The second kappa shape index (κ2) is 5.84. The summed E-state index contributed by atoms with van der Waals surface area (Å²) in [6, 6.07) is 11.2. The average molecular weight is 311 g/mol. The second-order valence-corrected chi connectivity index (χ2v) is 5.34. The summed E-state index contributed by atoms with van der Waals surface area (Å²) in [5.41, 5.74) is 0.775. The number of urea groups is 1. The molecule has 0 aliphatic carbocycles. The molecule has 0 saturated carbocycles. The van der Waals surface area contributed by atoms with Crippen molar-refractivity contribution in [1.82, 2.24) is 5.32 Å². The van der Waals surface area contributed by atoms with Crippen molar-refractivity contribution in [2.45, 2.75) is 6.54 Å². The molecule has 2 N–H and O–H groups in total. The summed E-state index contributed by atoms with van der Waals surface area (Å²) in [5.74, 6) is 0. The van der Waals surface area contributed by atoms with Crippen molar-refractivity contribution in [2.24, 2.45) is 0 Å². The highest BCUT2D eigenvalue weighted by atomic mass is 79.9. The van der Waals surface area contributed by atoms with Gasteiger partial charge in [0.15, 0.2) is 0 Å². The van der Waals surface area contributed by atoms with Gasteiger partial charge < -0.3 is 10.6 Å². The van der Waals surface area contributed by atoms with Gasteiger partial charge >= 0.3 is 6.03 Å². The third kappa shape index (κ3) is 3.87. The van der Waals surface area contributed by atoms with Gasteiger partial charge in [-0.25, -0.2) is 4.79 Å². The fraction of sp³-hybridized carbons (Fsp3) is 0.0833. The Kier molecular flexibility index (Phi) is 4.17. The molecule has 0 aliphatic heterocycles. The third-order valence-electron chi connectivity index (χ3n) is 2.11. The topological polar surface area (TPSA) is 41.1 Å². The van der Waals surface area contributed by atoms with Crippen LogP contribution < -0.4 is 10.6 Å². The van der Waals surface area contributed by atoms with E-state index < -0.39 is 0 Å². The van der Waals surface area contributed by atoms with Crippen molar-refractivity contribution < 1.29 is 4.79 Å². The number of halogens is 1. The van der Waals surface area contributed by atoms with E-state index in [9.17, 15) is 4.79 Å². The van der Waals surface area contributed by atoms with E-state index in [0.29, 0.717) is 6.54 Å². The van der Waals surface area contributed by atoms with E-state index in [1.165, 1.54) is 0 Å². The number of hydrogen-bond donors (Lipinski definition) is 2. The second-order valence-electron chi connectivity index (χ2n) is 3.39. The largest absolute Gasteiger partial charge is 0.333 e. The van der Waals surface area contributed by atoms with Crippen LogP contribution in [0.1, 0.15) is 4.88 Å². The van der Waals surface area contributed by atoms with Crippen LogP contribution in [0.2, 0.25) is 0 Å². The molecule has 0 radical (unpaired) electrons. The van der Waals surface area contributed by atoms with E-state index in [2.05, 4.69) is 26.6 Å². The highest BCUT2D eigenvalue weighted by molar-refractivity contribution is 9.10. The van der Waals surface area contributed by atoms with Crippen molar-refractivity contribution in [3.8, 4) is 0 Å². The molecule has 1 aromatic carbocycles. The molecule has 2 aromatic rings. The van der Waals surface area contributed by atoms with Crippen LogP contribution >= 0.6 is 27.3 Å². The summed E-state index contributed by atoms with van der Waals surface area (Å²) < 4.78 is 0.988. The Morgan fingerprint density at radius 1 is 1.24 bits per heavy atom. The summed E-state index contributed by atoms with van der Waals surface area (Å²) in [6.45, 7) is 0.556. The average Bonchev–Trinajstić information content (AvgIpc) is 2.83. The van der Waals surface area contributed by atoms with E-state index in [1.54, 1.807) is 11.3 Å². The molecule has 0 atom stereocenters. The van der Waals surface area contributed by atoms with Gasteiger partial charge in [-0.2, -0.15) is 0 Å². The first-order chi connectivity index (χ1) is 8.24. The van der Waals surface area contributed by atoms with Gasteiger partial charge in [0.1, 0.15) is 0 Å². The smallest absolute Gasteiger partial charge is 0.319 e. The molecule has 88 valence electrons. The summed E-state index contributed by atoms with van der Waals surface area (Å²) in [7, 11) is 0. The van der Waals surface area contributed by atoms with Crippen molar-refractivity contribution in [3.63, 3.8) is 0 Å². The maximum atomic E-state index is 11.6. The van der Waals surface area contributed by atoms with Gasteiger partial charge in [0.2, 0.25) is 0 Å². The predicted octanol–water partition coefficient (Wildman–Crippen LogP) is 3.83. The molecule has 0 fully saturated rings. The van der Waals surface area contributed by atoms with Crippen molar-refractivity contribution in [1.29, 1.82) is 0 Å². The van der Waals surface area contributed by atoms with Crippen LogP contribution in [0.3, 0.4) is 0 Å². The van der Waals surface area contributed by atoms with Crippen LogP contribution in [0.5, 0.6) is 0 Å². The monoisotopic (exact) mass is 310 g/mol. The minimum Gasteiger partial charge on any atom is -0.333 e. The SMILES string of the molecule is O=C(NCc1cccs1)Nc1ccc(Br)cc1. The lowest BCUT2D eigenvalue weighted by Gasteiger charge is -2.06. The number of rotatable bonds is 3. The molecule has 0 saturated heterocycles. The van der Waals surface area contributed by atoms with Gasteiger partial charge in [-0.15, -0.1) is 11.3 Å². The first-order valence-electron chi connectivity index (χ1n) is 5.07. The van der Waals surface area contributed by atoms with Crippen molar-refractivity contribution >= 4 is 39.0 Å². The van der Waals surface area contributed by atoms with Gasteiger partial charge in [0, 0.05) is 15.0 Å². The lowest BCUT2D eigenvalue weighted by Crippen LogP contribution is -2.27. The zero-order valence-electron chi connectivity index (χ0n) is 8.94. The number of hydrogen-bond acceptors (Lipinski definition) is 2. The molecular weight excluding hydrogens is 300 g/mol. The van der Waals surface area contributed by atoms with Crippen molar-refractivity contribution in [2.75, 3.05) is 5.32 Å². The molecule has 3 nitrogen and oxygen atoms in total. The molecule has 2 amide bonds. The van der Waals surface area contributed by atoms with Crippen LogP contribution in [0.4, 0.5) is 10.5 Å². The first kappa shape index (κ1) is 12.1. The van der Waals surface area contributed by atoms with E-state index >= 15 is 0 Å². The number of benzene rings is 1. The Morgan fingerprint density at radius 3 is 2.65 bits per heavy atom. The fourth-order valence-electron chi connectivity index (χ4n) is 1.29. The highest BCUT2D eigenvalue weighted by Crippen LogP contribution is 2.14. The van der Waals surface area contributed by atoms with E-state index in [0.717, 1.165) is 15.0 Å². The Balaban J connectivity index is 1.83. The number of carbonyl (C=O) groups excluding carboxylic acids is 1. The zero-order chi connectivity index (χ0) is 12.1. The quantitative estimate of drug-likeness (QED) is 0.888. The molecule has 0 aliphatic rings. The van der Waals surface area contributed by atoms with Gasteiger partial charge in [-0.1, -0.05) is 22.0 Å². The maximum Gasteiger partial charge on any atom is 0.319 e. The molecule has 5 heteroatoms. The fourth-order valence-corrected chi connectivity index (χ4v) is 2.20. The van der Waals surface area contributed by atoms with Gasteiger partial charge in [-0.3, -0.25) is 0 Å². The number of nitrogens with one attached hydrogen (secondary N) is 2. The Morgan fingerprint density at radius 2 is 2.00 bits per heavy atom. The minimum absolute atomic E-state index is 0.194. The standard InChI is InChI=1S/C12H11BrN2OS/c13-9-3-5-10(6-4-9)15-12(16)14-8-11-2-1-7-17-11/h1-7H,8H2,(H2,14,15,16). The van der Waals surface area contributed by atoms with Crippen LogP contribution in [-0.2, 0) is 6.54 Å². The Hall–Kier alpha value is -1.33. The van der Waals surface area contributed by atoms with E-state index in [1.807, 2.05) is 41.8 Å². The predicted molar refractivity (Wildman–Crippen MR) is 74.3 cm³/mol. The minimum atomic E-state index is -0.194. The van der Waals surface area contributed by atoms with Crippen LogP contribution in [0.25, 0.3) is 0 Å². The molecule has 0 unspecified atom stereocenters.